The first-order valence-electron chi connectivity index (χ1n) is 32.0. The van der Waals surface area contributed by atoms with E-state index in [-0.39, 0.29) is 0 Å². The van der Waals surface area contributed by atoms with Crippen molar-refractivity contribution in [3.63, 3.8) is 0 Å². The van der Waals surface area contributed by atoms with E-state index in [4.69, 9.17) is 0 Å². The van der Waals surface area contributed by atoms with Gasteiger partial charge in [0, 0.05) is 67.0 Å². The average Bonchev–Trinajstić information content (AvgIpc) is 3.73. The van der Waals surface area contributed by atoms with Crippen molar-refractivity contribution in [3.05, 3.63) is 0 Å². The molecule has 12 fully saturated rings. The minimum Gasteiger partial charge on any atom is -0.301 e. The van der Waals surface area contributed by atoms with Gasteiger partial charge in [0.1, 0.15) is 0 Å². The summed E-state index contributed by atoms with van der Waals surface area (Å²) in [5.74, 6) is 7.90. The number of nitrogens with one attached hydrogen (secondary N) is 2. The molecule has 67 heavy (non-hydrogen) atoms. The molecule has 0 aromatic heterocycles. The lowest BCUT2D eigenvalue weighted by atomic mass is 9.62. The van der Waals surface area contributed by atoms with Crippen LogP contribution in [0.5, 0.6) is 0 Å². The van der Waals surface area contributed by atoms with Crippen LogP contribution in [-0.2, 0) is 0 Å². The second-order valence-electron chi connectivity index (χ2n) is 27.5. The summed E-state index contributed by atoms with van der Waals surface area (Å²) in [7, 11) is 0. The van der Waals surface area contributed by atoms with Gasteiger partial charge in [-0.05, 0) is 227 Å². The zero-order valence-electron chi connectivity index (χ0n) is 43.7. The van der Waals surface area contributed by atoms with Crippen LogP contribution in [0.4, 0.5) is 0 Å². The van der Waals surface area contributed by atoms with Gasteiger partial charge < -0.3 is 5.32 Å². The Hall–Kier alpha value is -0.200. The largest absolute Gasteiger partial charge is 0.301 e. The van der Waals surface area contributed by atoms with E-state index in [1.54, 1.807) is 89.9 Å². The quantitative estimate of drug-likeness (QED) is 0.228. The fourth-order valence-corrected chi connectivity index (χ4v) is 21.1. The normalized spacial score (nSPS) is 45.1. The third-order valence-corrected chi connectivity index (χ3v) is 24.3. The van der Waals surface area contributed by atoms with E-state index >= 15 is 0 Å². The van der Waals surface area contributed by atoms with Crippen LogP contribution in [0.1, 0.15) is 270 Å². The Balaban J connectivity index is 0.715. The highest BCUT2D eigenvalue weighted by molar-refractivity contribution is 5.09. The molecule has 380 valence electrons. The maximum absolute atomic E-state index is 4.23. The van der Waals surface area contributed by atoms with Crippen molar-refractivity contribution in [2.75, 3.05) is 6.54 Å². The van der Waals surface area contributed by atoms with E-state index in [1.807, 2.05) is 0 Å². The zero-order valence-corrected chi connectivity index (χ0v) is 43.7. The molecule has 5 heteroatoms. The van der Waals surface area contributed by atoms with E-state index in [1.165, 1.54) is 186 Å². The molecule has 2 heterocycles. The van der Waals surface area contributed by atoms with Gasteiger partial charge in [-0.3, -0.25) is 20.0 Å². The first-order valence-corrected chi connectivity index (χ1v) is 32.0. The Morgan fingerprint density at radius 1 is 0.299 bits per heavy atom. The molecule has 10 aliphatic carbocycles. The molecule has 0 amide bonds. The molecule has 0 radical (unpaired) electrons. The van der Waals surface area contributed by atoms with Crippen molar-refractivity contribution in [1.82, 2.24) is 25.3 Å². The van der Waals surface area contributed by atoms with E-state index in [2.05, 4.69) is 25.3 Å². The lowest BCUT2D eigenvalue weighted by Gasteiger charge is -2.50. The maximum atomic E-state index is 4.23. The molecule has 10 saturated carbocycles. The van der Waals surface area contributed by atoms with Crippen LogP contribution >= 0.6 is 0 Å². The van der Waals surface area contributed by atoms with Crippen molar-refractivity contribution >= 4 is 0 Å². The number of hydrogen-bond acceptors (Lipinski definition) is 5. The van der Waals surface area contributed by atoms with Crippen LogP contribution in [0, 0.1) is 47.3 Å². The van der Waals surface area contributed by atoms with Crippen LogP contribution < -0.4 is 10.6 Å². The maximum Gasteiger partial charge on any atom is 0.0603 e. The SMILES string of the molecule is C1CCC(N(C2CCCCC2)C2CCC(C3CCC4C(C3)C3CC(C5CCC(N(C6CCCCC6)C6CCCCC6)CC5)CCC3N4C3CCC(C4NCC5CCCCC5N4)CC3)CC2)CC1. The van der Waals surface area contributed by atoms with Crippen LogP contribution in [0.3, 0.4) is 0 Å². The molecule has 12 aliphatic rings. The molecular formula is C62H107N5. The Bertz CT molecular complexity index is 1370. The second-order valence-corrected chi connectivity index (χ2v) is 27.5. The molecule has 0 aromatic carbocycles. The smallest absolute Gasteiger partial charge is 0.0603 e. The van der Waals surface area contributed by atoms with Crippen molar-refractivity contribution in [1.29, 1.82) is 0 Å². The highest BCUT2D eigenvalue weighted by Gasteiger charge is 2.56. The fraction of sp³-hybridized carbons (Fsp3) is 1.00. The van der Waals surface area contributed by atoms with Gasteiger partial charge in [-0.1, -0.05) is 89.9 Å². The molecule has 0 bridgehead atoms. The van der Waals surface area contributed by atoms with Gasteiger partial charge >= 0.3 is 0 Å². The number of rotatable bonds is 10. The van der Waals surface area contributed by atoms with E-state index < -0.39 is 0 Å². The first kappa shape index (κ1) is 47.8. The predicted molar refractivity (Wildman–Crippen MR) is 280 cm³/mol. The highest BCUT2D eigenvalue weighted by atomic mass is 15.3. The molecule has 9 atom stereocenters. The molecule has 0 spiro atoms. The number of nitrogens with zero attached hydrogens (tertiary/aromatic N) is 3. The minimum atomic E-state index is 0.588. The number of hydrogen-bond donors (Lipinski definition) is 2. The van der Waals surface area contributed by atoms with Gasteiger partial charge in [0.15, 0.2) is 0 Å². The van der Waals surface area contributed by atoms with Crippen LogP contribution in [0.15, 0.2) is 0 Å². The molecule has 2 aliphatic heterocycles. The van der Waals surface area contributed by atoms with Crippen molar-refractivity contribution < 1.29 is 0 Å². The topological polar surface area (TPSA) is 33.8 Å². The standard InChI is InChI=1S/C62H107N5/c1-5-16-50(17-6-1)65(51-18-7-2-8-19-51)54-33-25-44(26-34-54)47-31-39-60-57(41-47)58-42-48(45-27-35-55(36-28-45)66(52-20-9-3-10-21-52)53-22-11-4-12-23-53)32-40-61(58)67(60)56-37-29-46(30-38-56)62-63-43-49-15-13-14-24-59(49)64-62/h44-64H,1-43H2. The van der Waals surface area contributed by atoms with Gasteiger partial charge in [-0.25, -0.2) is 0 Å². The van der Waals surface area contributed by atoms with Crippen LogP contribution in [0.2, 0.25) is 0 Å². The summed E-state index contributed by atoms with van der Waals surface area (Å²) < 4.78 is 0. The van der Waals surface area contributed by atoms with Crippen molar-refractivity contribution in [2.24, 2.45) is 47.3 Å². The van der Waals surface area contributed by atoms with E-state index in [0.29, 0.717) is 6.17 Å². The van der Waals surface area contributed by atoms with Gasteiger partial charge in [-0.2, -0.15) is 0 Å². The van der Waals surface area contributed by atoms with Crippen molar-refractivity contribution in [3.8, 4) is 0 Å². The zero-order chi connectivity index (χ0) is 44.5. The molecule has 5 nitrogen and oxygen atoms in total. The molecular weight excluding hydrogens is 815 g/mol. The summed E-state index contributed by atoms with van der Waals surface area (Å²) in [5, 5.41) is 8.31. The van der Waals surface area contributed by atoms with Gasteiger partial charge in [0.2, 0.25) is 0 Å². The number of fused-ring (bicyclic) bond motifs is 4. The first-order chi connectivity index (χ1) is 33.2. The Morgan fingerprint density at radius 2 is 0.672 bits per heavy atom. The molecule has 9 unspecified atom stereocenters. The van der Waals surface area contributed by atoms with Crippen molar-refractivity contribution in [2.45, 2.75) is 336 Å². The predicted octanol–water partition coefficient (Wildman–Crippen LogP) is 14.6. The Labute approximate surface area is 413 Å². The number of likely N-dealkylation sites (tertiary alicyclic amines) is 1. The van der Waals surface area contributed by atoms with E-state index in [0.717, 1.165) is 108 Å². The van der Waals surface area contributed by atoms with Gasteiger partial charge in [-0.15, -0.1) is 0 Å². The summed E-state index contributed by atoms with van der Waals surface area (Å²) in [6, 6.07) is 9.02. The monoisotopic (exact) mass is 922 g/mol. The highest BCUT2D eigenvalue weighted by Crippen LogP contribution is 2.57. The summed E-state index contributed by atoms with van der Waals surface area (Å²) in [6.45, 7) is 1.28. The minimum absolute atomic E-state index is 0.588. The molecule has 0 aromatic rings. The summed E-state index contributed by atoms with van der Waals surface area (Å²) in [6.07, 6.45) is 64.4. The molecule has 12 rings (SSSR count). The Kier molecular flexibility index (Phi) is 16.1. The lowest BCUT2D eigenvalue weighted by Crippen LogP contribution is -2.62. The van der Waals surface area contributed by atoms with Crippen LogP contribution in [0.25, 0.3) is 0 Å². The Morgan fingerprint density at radius 3 is 1.12 bits per heavy atom. The van der Waals surface area contributed by atoms with Gasteiger partial charge in [0.05, 0.1) is 6.17 Å². The summed E-state index contributed by atoms with van der Waals surface area (Å²) in [5.41, 5.74) is 0. The molecule has 2 saturated heterocycles. The fourth-order valence-electron chi connectivity index (χ4n) is 21.1. The summed E-state index contributed by atoms with van der Waals surface area (Å²) >= 11 is 0. The third kappa shape index (κ3) is 10.5. The van der Waals surface area contributed by atoms with E-state index in [9.17, 15) is 0 Å². The third-order valence-electron chi connectivity index (χ3n) is 24.3. The average molecular weight is 923 g/mol. The second kappa shape index (κ2) is 22.5. The lowest BCUT2D eigenvalue weighted by molar-refractivity contribution is 0.00201. The summed E-state index contributed by atoms with van der Waals surface area (Å²) in [4.78, 5) is 9.90. The molecule has 2 N–H and O–H groups in total. The van der Waals surface area contributed by atoms with Gasteiger partial charge in [0.25, 0.3) is 0 Å². The van der Waals surface area contributed by atoms with Crippen LogP contribution in [-0.4, -0.2) is 87.8 Å².